The number of aromatic nitrogens is 6. The van der Waals surface area contributed by atoms with E-state index < -0.39 is 6.04 Å². The molecule has 0 bridgehead atoms. The number of nitrogens with zero attached hydrogens (tertiary/aromatic N) is 7. The molecule has 2 unspecified atom stereocenters. The summed E-state index contributed by atoms with van der Waals surface area (Å²) in [5.74, 6) is 0.0662. The van der Waals surface area contributed by atoms with Crippen LogP contribution in [0.4, 0.5) is 10.2 Å². The van der Waals surface area contributed by atoms with E-state index in [4.69, 9.17) is 14.8 Å². The number of anilines is 1. The lowest BCUT2D eigenvalue weighted by atomic mass is 9.99. The smallest absolute Gasteiger partial charge is 0.272 e. The van der Waals surface area contributed by atoms with Crippen molar-refractivity contribution in [2.24, 2.45) is 0 Å². The molecule has 190 valence electrons. The zero-order valence-electron chi connectivity index (χ0n) is 20.3. The number of hydrogen-bond donors (Lipinski definition) is 1. The van der Waals surface area contributed by atoms with E-state index in [-0.39, 0.29) is 24.0 Å². The minimum absolute atomic E-state index is 0.0280. The van der Waals surface area contributed by atoms with Gasteiger partial charge in [0.15, 0.2) is 11.5 Å². The lowest BCUT2D eigenvalue weighted by Gasteiger charge is -2.36. The first-order chi connectivity index (χ1) is 18.2. The van der Waals surface area contributed by atoms with Crippen molar-refractivity contribution in [3.8, 4) is 0 Å². The third-order valence-corrected chi connectivity index (χ3v) is 7.39. The quantitative estimate of drug-likeness (QED) is 0.447. The van der Waals surface area contributed by atoms with Crippen LogP contribution < -0.4 is 10.2 Å². The Balaban J connectivity index is 1.28. The summed E-state index contributed by atoms with van der Waals surface area (Å²) in [5, 5.41) is 16.3. The molecule has 10 nitrogen and oxygen atoms in total. The van der Waals surface area contributed by atoms with Crippen molar-refractivity contribution in [1.29, 1.82) is 0 Å². The summed E-state index contributed by atoms with van der Waals surface area (Å²) >= 11 is 0. The Morgan fingerprint density at radius 2 is 2.05 bits per heavy atom. The van der Waals surface area contributed by atoms with Crippen LogP contribution in [0.15, 0.2) is 42.9 Å². The predicted octanol–water partition coefficient (Wildman–Crippen LogP) is 3.20. The van der Waals surface area contributed by atoms with E-state index in [9.17, 15) is 9.18 Å². The predicted molar refractivity (Wildman–Crippen MR) is 132 cm³/mol. The highest BCUT2D eigenvalue weighted by Crippen LogP contribution is 2.38. The van der Waals surface area contributed by atoms with Gasteiger partial charge in [0.2, 0.25) is 0 Å². The number of pyridine rings is 1. The maximum atomic E-state index is 14.6. The van der Waals surface area contributed by atoms with Gasteiger partial charge in [0.05, 0.1) is 17.7 Å². The molecule has 2 aliphatic heterocycles. The number of carbonyl (C=O) groups is 1. The zero-order chi connectivity index (χ0) is 24.9. The minimum Gasteiger partial charge on any atom is -0.358 e. The number of carbonyl (C=O) groups excluding carboxylic acids is 1. The number of ether oxygens (including phenoxy) is 1. The van der Waals surface area contributed by atoms with Crippen LogP contribution in [0.3, 0.4) is 0 Å². The van der Waals surface area contributed by atoms with Crippen LogP contribution in [0, 0.1) is 5.82 Å². The third kappa shape index (κ3) is 4.03. The Hall–Kier alpha value is -3.86. The van der Waals surface area contributed by atoms with Crippen molar-refractivity contribution in [3.63, 3.8) is 0 Å². The zero-order valence-corrected chi connectivity index (χ0v) is 20.3. The van der Waals surface area contributed by atoms with Gasteiger partial charge in [-0.3, -0.25) is 4.79 Å². The van der Waals surface area contributed by atoms with Crippen molar-refractivity contribution in [3.05, 3.63) is 71.4 Å². The van der Waals surface area contributed by atoms with Crippen molar-refractivity contribution in [1.82, 2.24) is 34.7 Å². The lowest BCUT2D eigenvalue weighted by molar-refractivity contribution is -0.0336. The summed E-state index contributed by atoms with van der Waals surface area (Å²) in [6.07, 6.45) is 9.45. The van der Waals surface area contributed by atoms with Gasteiger partial charge in [-0.15, -0.1) is 10.2 Å². The number of halogens is 1. The molecule has 1 amide bonds. The monoisotopic (exact) mass is 502 g/mol. The summed E-state index contributed by atoms with van der Waals surface area (Å²) in [6.45, 7) is 1.38. The maximum Gasteiger partial charge on any atom is 0.272 e. The molecule has 1 aliphatic carbocycles. The topological polar surface area (TPSA) is 102 Å². The summed E-state index contributed by atoms with van der Waals surface area (Å²) in [7, 11) is 0. The molecule has 0 spiro atoms. The van der Waals surface area contributed by atoms with Gasteiger partial charge in [-0.1, -0.05) is 0 Å². The summed E-state index contributed by atoms with van der Waals surface area (Å²) in [4.78, 5) is 19.3. The molecule has 3 aliphatic rings. The van der Waals surface area contributed by atoms with Crippen LogP contribution in [-0.2, 0) is 11.2 Å². The number of amides is 1. The molecule has 2 atom stereocenters. The first kappa shape index (κ1) is 22.3. The number of rotatable bonds is 5. The van der Waals surface area contributed by atoms with E-state index in [0.29, 0.717) is 29.3 Å². The molecule has 37 heavy (non-hydrogen) atoms. The second-order valence-electron chi connectivity index (χ2n) is 9.93. The fourth-order valence-electron chi connectivity index (χ4n) is 5.35. The molecule has 7 rings (SSSR count). The number of fused-ring (bicyclic) bond motifs is 2. The van der Waals surface area contributed by atoms with Crippen LogP contribution in [0.5, 0.6) is 0 Å². The average molecular weight is 503 g/mol. The minimum atomic E-state index is -0.395. The van der Waals surface area contributed by atoms with Gasteiger partial charge in [0.1, 0.15) is 23.6 Å². The molecule has 1 N–H and O–H groups in total. The Kier molecular flexibility index (Phi) is 5.38. The normalized spacial score (nSPS) is 21.7. The van der Waals surface area contributed by atoms with Crippen LogP contribution in [0.25, 0.3) is 5.52 Å². The van der Waals surface area contributed by atoms with Gasteiger partial charge in [0.25, 0.3) is 5.91 Å². The number of imidazole rings is 1. The fraction of sp³-hybridized carbons (Fsp3) is 0.423. The fourth-order valence-corrected chi connectivity index (χ4v) is 5.35. The Morgan fingerprint density at radius 1 is 1.14 bits per heavy atom. The van der Waals surface area contributed by atoms with Crippen LogP contribution >= 0.6 is 0 Å². The van der Waals surface area contributed by atoms with Gasteiger partial charge >= 0.3 is 0 Å². The van der Waals surface area contributed by atoms with Crippen LogP contribution in [0.2, 0.25) is 0 Å². The van der Waals surface area contributed by atoms with Gasteiger partial charge in [-0.05, 0) is 62.4 Å². The molecule has 2 fully saturated rings. The SMILES string of the molecule is O=C(NC1CC1)c1ccc(N2CCc3c(ncn3C3CCCCO3)C2c2cc3c(F)cccn3n2)nn1. The van der Waals surface area contributed by atoms with Crippen molar-refractivity contribution < 1.29 is 13.9 Å². The van der Waals surface area contributed by atoms with Crippen LogP contribution in [-0.4, -0.2) is 54.5 Å². The Labute approximate surface area is 212 Å². The number of hydrogen-bond acceptors (Lipinski definition) is 7. The summed E-state index contributed by atoms with van der Waals surface area (Å²) in [6, 6.07) is 8.19. The highest BCUT2D eigenvalue weighted by atomic mass is 19.1. The Morgan fingerprint density at radius 3 is 2.81 bits per heavy atom. The van der Waals surface area contributed by atoms with E-state index in [1.807, 2.05) is 12.4 Å². The van der Waals surface area contributed by atoms with Gasteiger partial charge < -0.3 is 19.5 Å². The van der Waals surface area contributed by atoms with E-state index in [1.165, 1.54) is 6.07 Å². The largest absolute Gasteiger partial charge is 0.358 e. The molecule has 1 saturated carbocycles. The second-order valence-corrected chi connectivity index (χ2v) is 9.93. The highest BCUT2D eigenvalue weighted by molar-refractivity contribution is 5.92. The third-order valence-electron chi connectivity index (χ3n) is 7.39. The van der Waals surface area contributed by atoms with E-state index in [0.717, 1.165) is 56.5 Å². The van der Waals surface area contributed by atoms with Crippen molar-refractivity contribution in [2.75, 3.05) is 18.1 Å². The average Bonchev–Trinajstić information content (AvgIpc) is 3.46. The first-order valence-electron chi connectivity index (χ1n) is 12.9. The molecule has 4 aromatic rings. The summed E-state index contributed by atoms with van der Waals surface area (Å²) in [5.41, 5.74) is 3.30. The Bertz CT molecular complexity index is 1460. The molecule has 6 heterocycles. The molecule has 0 radical (unpaired) electrons. The van der Waals surface area contributed by atoms with E-state index >= 15 is 0 Å². The molecular formula is C26H27FN8O2. The van der Waals surface area contributed by atoms with E-state index in [2.05, 4.69) is 25.0 Å². The molecule has 4 aromatic heterocycles. The standard InChI is InChI=1S/C26H27FN8O2/c27-17-4-3-11-35-21(17)14-19(32-35)25-24-20(34(15-28-24)23-5-1-2-13-37-23)10-12-33(25)22-9-8-18(30-31-22)26(36)29-16-6-7-16/h3-4,8-9,11,14-16,23,25H,1-2,5-7,10,12-13H2,(H,29,36). The van der Waals surface area contributed by atoms with Gasteiger partial charge in [-0.25, -0.2) is 13.9 Å². The maximum absolute atomic E-state index is 14.6. The highest BCUT2D eigenvalue weighted by Gasteiger charge is 2.37. The second kappa shape index (κ2) is 8.91. The molecule has 11 heteroatoms. The summed E-state index contributed by atoms with van der Waals surface area (Å²) < 4.78 is 24.3. The van der Waals surface area contributed by atoms with Crippen LogP contribution in [0.1, 0.15) is 71.9 Å². The molecule has 0 aromatic carbocycles. The van der Waals surface area contributed by atoms with Crippen molar-refractivity contribution in [2.45, 2.75) is 56.8 Å². The molecular weight excluding hydrogens is 475 g/mol. The lowest BCUT2D eigenvalue weighted by Crippen LogP contribution is -2.38. The molecule has 1 saturated heterocycles. The number of nitrogens with one attached hydrogen (secondary N) is 1. The van der Waals surface area contributed by atoms with Gasteiger partial charge in [0, 0.05) is 37.5 Å². The first-order valence-corrected chi connectivity index (χ1v) is 12.9. The van der Waals surface area contributed by atoms with E-state index in [1.54, 1.807) is 28.9 Å². The van der Waals surface area contributed by atoms with Gasteiger partial charge in [-0.2, -0.15) is 5.10 Å². The van der Waals surface area contributed by atoms with Crippen molar-refractivity contribution >= 4 is 17.2 Å².